The van der Waals surface area contributed by atoms with Crippen LogP contribution in [0.25, 0.3) is 0 Å². The predicted octanol–water partition coefficient (Wildman–Crippen LogP) is 0.0117. The summed E-state index contributed by atoms with van der Waals surface area (Å²) in [4.78, 5) is 0.115. The normalized spacial score (nSPS) is 22.3. The highest BCUT2D eigenvalue weighted by Crippen LogP contribution is 2.25. The van der Waals surface area contributed by atoms with E-state index in [0.717, 1.165) is 19.3 Å². The smallest absolute Gasteiger partial charge is 0.240 e. The second-order valence-corrected chi connectivity index (χ2v) is 9.32. The molecule has 4 N–H and O–H groups in total. The van der Waals surface area contributed by atoms with E-state index in [2.05, 4.69) is 9.44 Å². The minimum absolute atomic E-state index is 0.115. The maximum absolute atomic E-state index is 12.1. The number of nitrogens with one attached hydrogen (secondary N) is 2. The second-order valence-electron chi connectivity index (χ2n) is 5.68. The van der Waals surface area contributed by atoms with Crippen LogP contribution in [0.1, 0.15) is 19.3 Å². The predicted molar refractivity (Wildman–Crippen MR) is 88.7 cm³/mol. The second kappa shape index (κ2) is 7.71. The third-order valence-electron chi connectivity index (χ3n) is 4.01. The Hall–Kier alpha value is -1.00. The zero-order valence-corrected chi connectivity index (χ0v) is 14.4. The molecule has 1 aromatic rings. The lowest BCUT2D eigenvalue weighted by molar-refractivity contribution is 0.453. The molecule has 2 unspecified atom stereocenters. The highest BCUT2D eigenvalue weighted by molar-refractivity contribution is 7.90. The maximum atomic E-state index is 12.1. The Morgan fingerprint density at radius 3 is 2.43 bits per heavy atom. The topological polar surface area (TPSA) is 118 Å². The van der Waals surface area contributed by atoms with Gasteiger partial charge in [0.25, 0.3) is 0 Å². The number of nitrogens with two attached hydrogens (primary N) is 1. The van der Waals surface area contributed by atoms with E-state index in [9.17, 15) is 16.8 Å². The minimum atomic E-state index is -3.69. The van der Waals surface area contributed by atoms with E-state index in [1.54, 1.807) is 18.2 Å². The standard InChI is InChI=1S/C14H23N3O4S2/c15-11-12-5-4-8-14(12)17-22(18,19)10-9-16-23(20,21)13-6-2-1-3-7-13/h1-3,6-7,12,14,16-17H,4-5,8-11,15H2. The van der Waals surface area contributed by atoms with Crippen LogP contribution in [-0.4, -0.2) is 41.7 Å². The van der Waals surface area contributed by atoms with Gasteiger partial charge >= 0.3 is 0 Å². The van der Waals surface area contributed by atoms with E-state index in [0.29, 0.717) is 6.54 Å². The van der Waals surface area contributed by atoms with Crippen molar-refractivity contribution in [3.8, 4) is 0 Å². The zero-order chi connectivity index (χ0) is 16.9. The molecule has 0 amide bonds. The van der Waals surface area contributed by atoms with Crippen LogP contribution < -0.4 is 15.2 Å². The summed E-state index contributed by atoms with van der Waals surface area (Å²) < 4.78 is 53.2. The Labute approximate surface area is 137 Å². The molecule has 2 atom stereocenters. The molecule has 9 heteroatoms. The SMILES string of the molecule is NCC1CCCC1NS(=O)(=O)CCNS(=O)(=O)c1ccccc1. The van der Waals surface area contributed by atoms with Crippen molar-refractivity contribution in [3.05, 3.63) is 30.3 Å². The molecule has 1 fully saturated rings. The Kier molecular flexibility index (Phi) is 6.15. The average Bonchev–Trinajstić information content (AvgIpc) is 2.94. The number of hydrogen-bond acceptors (Lipinski definition) is 5. The molecular weight excluding hydrogens is 338 g/mol. The molecule has 7 nitrogen and oxygen atoms in total. The van der Waals surface area contributed by atoms with Crippen molar-refractivity contribution in [1.82, 2.24) is 9.44 Å². The van der Waals surface area contributed by atoms with E-state index < -0.39 is 20.0 Å². The summed E-state index contributed by atoms with van der Waals surface area (Å²) in [5.74, 6) is -0.141. The zero-order valence-electron chi connectivity index (χ0n) is 12.8. The lowest BCUT2D eigenvalue weighted by Gasteiger charge is -2.19. The summed E-state index contributed by atoms with van der Waals surface area (Å²) in [5.41, 5.74) is 5.64. The van der Waals surface area contributed by atoms with Crippen molar-refractivity contribution in [2.75, 3.05) is 18.8 Å². The molecule has 130 valence electrons. The highest BCUT2D eigenvalue weighted by Gasteiger charge is 2.29. The van der Waals surface area contributed by atoms with Gasteiger partial charge in [-0.2, -0.15) is 0 Å². The molecule has 0 aromatic heterocycles. The molecule has 1 aliphatic rings. The molecule has 0 spiro atoms. The molecule has 1 saturated carbocycles. The third-order valence-corrected chi connectivity index (χ3v) is 6.89. The van der Waals surface area contributed by atoms with Gasteiger partial charge in [-0.25, -0.2) is 26.3 Å². The van der Waals surface area contributed by atoms with Crippen LogP contribution >= 0.6 is 0 Å². The summed E-state index contributed by atoms with van der Waals surface area (Å²) in [7, 11) is -7.23. The quantitative estimate of drug-likeness (QED) is 0.603. The van der Waals surface area contributed by atoms with Crippen LogP contribution in [0.5, 0.6) is 0 Å². The Morgan fingerprint density at radius 1 is 1.09 bits per heavy atom. The molecular formula is C14H23N3O4S2. The Morgan fingerprint density at radius 2 is 1.78 bits per heavy atom. The molecule has 2 rings (SSSR count). The summed E-state index contributed by atoms with van der Waals surface area (Å²) in [5, 5.41) is 0. The van der Waals surface area contributed by atoms with Crippen molar-refractivity contribution in [2.45, 2.75) is 30.2 Å². The van der Waals surface area contributed by atoms with Gasteiger partial charge in [0.2, 0.25) is 20.0 Å². The van der Waals surface area contributed by atoms with Crippen molar-refractivity contribution < 1.29 is 16.8 Å². The molecule has 0 heterocycles. The molecule has 0 aliphatic heterocycles. The van der Waals surface area contributed by atoms with Gasteiger partial charge in [0.05, 0.1) is 10.6 Å². The van der Waals surface area contributed by atoms with Gasteiger partial charge in [-0.1, -0.05) is 24.6 Å². The van der Waals surface area contributed by atoms with Crippen molar-refractivity contribution in [3.63, 3.8) is 0 Å². The average molecular weight is 361 g/mol. The fourth-order valence-corrected chi connectivity index (χ4v) is 5.20. The first kappa shape index (κ1) is 18.3. The summed E-state index contributed by atoms with van der Waals surface area (Å²) in [6, 6.07) is 7.71. The molecule has 0 radical (unpaired) electrons. The largest absolute Gasteiger partial charge is 0.330 e. The first-order valence-corrected chi connectivity index (χ1v) is 10.7. The molecule has 1 aromatic carbocycles. The molecule has 1 aliphatic carbocycles. The fourth-order valence-electron chi connectivity index (χ4n) is 2.76. The van der Waals surface area contributed by atoms with E-state index in [4.69, 9.17) is 5.73 Å². The van der Waals surface area contributed by atoms with Crippen LogP contribution in [0.3, 0.4) is 0 Å². The summed E-state index contributed by atoms with van der Waals surface area (Å²) in [6.45, 7) is 0.278. The fraction of sp³-hybridized carbons (Fsp3) is 0.571. The Bertz CT molecular complexity index is 705. The maximum Gasteiger partial charge on any atom is 0.240 e. The molecule has 23 heavy (non-hydrogen) atoms. The number of sulfonamides is 2. The lowest BCUT2D eigenvalue weighted by atomic mass is 10.1. The van der Waals surface area contributed by atoms with Crippen LogP contribution in [0.15, 0.2) is 35.2 Å². The van der Waals surface area contributed by atoms with Crippen LogP contribution in [0.2, 0.25) is 0 Å². The van der Waals surface area contributed by atoms with Gasteiger partial charge in [0.1, 0.15) is 0 Å². The van der Waals surface area contributed by atoms with E-state index >= 15 is 0 Å². The van der Waals surface area contributed by atoms with Gasteiger partial charge in [-0.05, 0) is 37.4 Å². The van der Waals surface area contributed by atoms with Crippen molar-refractivity contribution in [2.24, 2.45) is 11.7 Å². The number of hydrogen-bond donors (Lipinski definition) is 3. The first-order valence-electron chi connectivity index (χ1n) is 7.59. The Balaban J connectivity index is 1.87. The van der Waals surface area contributed by atoms with Gasteiger partial charge in [0, 0.05) is 12.6 Å². The molecule has 0 saturated heterocycles. The minimum Gasteiger partial charge on any atom is -0.330 e. The molecule has 0 bridgehead atoms. The van der Waals surface area contributed by atoms with Gasteiger partial charge in [-0.15, -0.1) is 0 Å². The van der Waals surface area contributed by atoms with Crippen LogP contribution in [-0.2, 0) is 20.0 Å². The van der Waals surface area contributed by atoms with Gasteiger partial charge in [-0.3, -0.25) is 0 Å². The lowest BCUT2D eigenvalue weighted by Crippen LogP contribution is -2.42. The first-order chi connectivity index (χ1) is 10.8. The highest BCUT2D eigenvalue weighted by atomic mass is 32.2. The summed E-state index contributed by atoms with van der Waals surface area (Å²) >= 11 is 0. The van der Waals surface area contributed by atoms with Gasteiger partial charge in [0.15, 0.2) is 0 Å². The van der Waals surface area contributed by atoms with Crippen molar-refractivity contribution in [1.29, 1.82) is 0 Å². The van der Waals surface area contributed by atoms with E-state index in [1.165, 1.54) is 12.1 Å². The van der Waals surface area contributed by atoms with Crippen LogP contribution in [0, 0.1) is 5.92 Å². The summed E-state index contributed by atoms with van der Waals surface area (Å²) in [6.07, 6.45) is 2.65. The van der Waals surface area contributed by atoms with Crippen molar-refractivity contribution >= 4 is 20.0 Å². The van der Waals surface area contributed by atoms with E-state index in [1.807, 2.05) is 0 Å². The third kappa shape index (κ3) is 5.25. The number of rotatable bonds is 8. The monoisotopic (exact) mass is 361 g/mol. The van der Waals surface area contributed by atoms with Gasteiger partial charge < -0.3 is 5.73 Å². The van der Waals surface area contributed by atoms with Crippen LogP contribution in [0.4, 0.5) is 0 Å². The van der Waals surface area contributed by atoms with E-state index in [-0.39, 0.29) is 29.2 Å². The number of benzene rings is 1.